The Hall–Kier alpha value is -1.27. The lowest BCUT2D eigenvalue weighted by Gasteiger charge is -2.31. The van der Waals surface area contributed by atoms with E-state index in [0.29, 0.717) is 11.0 Å². The van der Waals surface area contributed by atoms with Gasteiger partial charge in [-0.25, -0.2) is 0 Å². The second kappa shape index (κ2) is 5.79. The number of aromatic nitrogens is 2. The number of amidine groups is 1. The molecule has 19 heavy (non-hydrogen) atoms. The molecular weight excluding hydrogens is 266 g/mol. The number of aryl methyl sites for hydroxylation is 2. The molecule has 106 valence electrons. The Balaban J connectivity index is 2.07. The molecule has 0 radical (unpaired) electrons. The van der Waals surface area contributed by atoms with Crippen LogP contribution in [0.3, 0.4) is 0 Å². The molecule has 0 bridgehead atoms. The Morgan fingerprint density at radius 3 is 2.95 bits per heavy atom. The van der Waals surface area contributed by atoms with Crippen LogP contribution in [0.2, 0.25) is 5.15 Å². The van der Waals surface area contributed by atoms with E-state index >= 15 is 0 Å². The number of rotatable bonds is 3. The lowest BCUT2D eigenvalue weighted by atomic mass is 9.96. The first-order valence-corrected chi connectivity index (χ1v) is 6.78. The SMILES string of the molecule is Cc1nn(C)c(Cl)c1CN1CCCC(C(N)=NO)C1. The first kappa shape index (κ1) is 14.1. The number of nitrogens with zero attached hydrogens (tertiary/aromatic N) is 4. The van der Waals surface area contributed by atoms with Crippen LogP contribution in [0.15, 0.2) is 5.16 Å². The van der Waals surface area contributed by atoms with E-state index in [0.717, 1.165) is 43.7 Å². The molecule has 0 amide bonds. The highest BCUT2D eigenvalue weighted by molar-refractivity contribution is 6.30. The molecule has 1 saturated heterocycles. The lowest BCUT2D eigenvalue weighted by Crippen LogP contribution is -2.40. The Morgan fingerprint density at radius 1 is 1.63 bits per heavy atom. The fraction of sp³-hybridized carbons (Fsp3) is 0.667. The van der Waals surface area contributed by atoms with E-state index in [1.807, 2.05) is 14.0 Å². The van der Waals surface area contributed by atoms with E-state index in [4.69, 9.17) is 22.5 Å². The summed E-state index contributed by atoms with van der Waals surface area (Å²) < 4.78 is 1.69. The van der Waals surface area contributed by atoms with Crippen molar-refractivity contribution >= 4 is 17.4 Å². The first-order chi connectivity index (χ1) is 9.02. The lowest BCUT2D eigenvalue weighted by molar-refractivity contribution is 0.192. The summed E-state index contributed by atoms with van der Waals surface area (Å²) in [6, 6.07) is 0. The van der Waals surface area contributed by atoms with Gasteiger partial charge in [0.1, 0.15) is 11.0 Å². The average Bonchev–Trinajstić information content (AvgIpc) is 2.65. The smallest absolute Gasteiger partial charge is 0.143 e. The van der Waals surface area contributed by atoms with Gasteiger partial charge in [-0.2, -0.15) is 5.10 Å². The number of hydrogen-bond donors (Lipinski definition) is 2. The summed E-state index contributed by atoms with van der Waals surface area (Å²) in [6.45, 7) is 4.51. The summed E-state index contributed by atoms with van der Waals surface area (Å²) in [5.41, 5.74) is 7.71. The van der Waals surface area contributed by atoms with Gasteiger partial charge in [0.25, 0.3) is 0 Å². The third-order valence-electron chi connectivity index (χ3n) is 3.69. The highest BCUT2D eigenvalue weighted by atomic mass is 35.5. The number of hydrogen-bond acceptors (Lipinski definition) is 4. The van der Waals surface area contributed by atoms with Crippen molar-refractivity contribution in [3.8, 4) is 0 Å². The number of oxime groups is 1. The van der Waals surface area contributed by atoms with Gasteiger partial charge in [-0.3, -0.25) is 9.58 Å². The van der Waals surface area contributed by atoms with Gasteiger partial charge >= 0.3 is 0 Å². The van der Waals surface area contributed by atoms with Crippen LogP contribution < -0.4 is 5.73 Å². The van der Waals surface area contributed by atoms with Gasteiger partial charge in [0, 0.05) is 31.6 Å². The Bertz CT molecular complexity index is 485. The maximum Gasteiger partial charge on any atom is 0.143 e. The molecule has 2 rings (SSSR count). The van der Waals surface area contributed by atoms with Crippen LogP contribution in [0.25, 0.3) is 0 Å². The minimum absolute atomic E-state index is 0.120. The molecular formula is C12H20ClN5O. The number of piperidine rings is 1. The molecule has 1 unspecified atom stereocenters. The zero-order valence-electron chi connectivity index (χ0n) is 11.3. The molecule has 0 saturated carbocycles. The molecule has 0 spiro atoms. The predicted octanol–water partition coefficient (Wildman–Crippen LogP) is 1.34. The molecule has 0 aliphatic carbocycles. The molecule has 2 heterocycles. The topological polar surface area (TPSA) is 79.7 Å². The van der Waals surface area contributed by atoms with E-state index in [9.17, 15) is 0 Å². The third-order valence-corrected chi connectivity index (χ3v) is 4.16. The van der Waals surface area contributed by atoms with Gasteiger partial charge in [-0.1, -0.05) is 16.8 Å². The summed E-state index contributed by atoms with van der Waals surface area (Å²) in [5.74, 6) is 0.438. The quantitative estimate of drug-likeness (QED) is 0.380. The molecule has 1 aliphatic heterocycles. The van der Waals surface area contributed by atoms with Gasteiger partial charge in [-0.05, 0) is 26.3 Å². The summed E-state index contributed by atoms with van der Waals surface area (Å²) in [4.78, 5) is 2.28. The van der Waals surface area contributed by atoms with E-state index in [2.05, 4.69) is 15.2 Å². The molecule has 1 aromatic rings. The van der Waals surface area contributed by atoms with Crippen LogP contribution in [0.4, 0.5) is 0 Å². The van der Waals surface area contributed by atoms with Crippen molar-refractivity contribution in [2.75, 3.05) is 13.1 Å². The van der Waals surface area contributed by atoms with Crippen LogP contribution in [-0.2, 0) is 13.6 Å². The van der Waals surface area contributed by atoms with Gasteiger partial charge in [0.15, 0.2) is 0 Å². The fourth-order valence-electron chi connectivity index (χ4n) is 2.60. The number of nitrogens with two attached hydrogens (primary N) is 1. The molecule has 1 aliphatic rings. The first-order valence-electron chi connectivity index (χ1n) is 6.40. The maximum atomic E-state index is 8.76. The summed E-state index contributed by atoms with van der Waals surface area (Å²) in [5, 5.41) is 16.9. The zero-order chi connectivity index (χ0) is 14.0. The van der Waals surface area contributed by atoms with Gasteiger partial charge < -0.3 is 10.9 Å². The predicted molar refractivity (Wildman–Crippen MR) is 74.4 cm³/mol. The van der Waals surface area contributed by atoms with Crippen LogP contribution >= 0.6 is 11.6 Å². The van der Waals surface area contributed by atoms with Crippen molar-refractivity contribution in [3.63, 3.8) is 0 Å². The molecule has 1 fully saturated rings. The minimum Gasteiger partial charge on any atom is -0.409 e. The highest BCUT2D eigenvalue weighted by Gasteiger charge is 2.24. The summed E-state index contributed by atoms with van der Waals surface area (Å²) in [7, 11) is 1.84. The Labute approximate surface area is 117 Å². The van der Waals surface area contributed by atoms with Crippen molar-refractivity contribution < 1.29 is 5.21 Å². The van der Waals surface area contributed by atoms with Crippen LogP contribution in [-0.4, -0.2) is 38.8 Å². The Kier molecular flexibility index (Phi) is 4.31. The largest absolute Gasteiger partial charge is 0.409 e. The third kappa shape index (κ3) is 3.01. The monoisotopic (exact) mass is 285 g/mol. The van der Waals surface area contributed by atoms with Gasteiger partial charge in [0.2, 0.25) is 0 Å². The van der Waals surface area contributed by atoms with Gasteiger partial charge in [-0.15, -0.1) is 0 Å². The normalized spacial score (nSPS) is 21.8. The van der Waals surface area contributed by atoms with E-state index in [1.54, 1.807) is 4.68 Å². The fourth-order valence-corrected chi connectivity index (χ4v) is 2.83. The molecule has 1 aromatic heterocycles. The molecule has 7 heteroatoms. The second-order valence-corrected chi connectivity index (χ2v) is 5.44. The maximum absolute atomic E-state index is 8.76. The van der Waals surface area contributed by atoms with Crippen LogP contribution in [0.5, 0.6) is 0 Å². The van der Waals surface area contributed by atoms with Crippen molar-refractivity contribution in [1.82, 2.24) is 14.7 Å². The number of likely N-dealkylation sites (tertiary alicyclic amines) is 1. The second-order valence-electron chi connectivity index (χ2n) is 5.08. The minimum atomic E-state index is 0.120. The van der Waals surface area contributed by atoms with E-state index in [1.165, 1.54) is 0 Å². The summed E-state index contributed by atoms with van der Waals surface area (Å²) >= 11 is 6.24. The van der Waals surface area contributed by atoms with Crippen LogP contribution in [0.1, 0.15) is 24.1 Å². The molecule has 3 N–H and O–H groups in total. The van der Waals surface area contributed by atoms with Crippen LogP contribution in [0, 0.1) is 12.8 Å². The molecule has 6 nitrogen and oxygen atoms in total. The van der Waals surface area contributed by atoms with E-state index in [-0.39, 0.29) is 5.92 Å². The highest BCUT2D eigenvalue weighted by Crippen LogP contribution is 2.24. The van der Waals surface area contributed by atoms with Crippen molar-refractivity contribution in [2.45, 2.75) is 26.3 Å². The van der Waals surface area contributed by atoms with Crippen molar-refractivity contribution in [3.05, 3.63) is 16.4 Å². The van der Waals surface area contributed by atoms with Crippen molar-refractivity contribution in [2.24, 2.45) is 23.9 Å². The standard InChI is InChI=1S/C12H20ClN5O/c1-8-10(11(13)17(2)15-8)7-18-5-3-4-9(6-18)12(14)16-19/h9,19H,3-7H2,1-2H3,(H2,14,16). The van der Waals surface area contributed by atoms with E-state index < -0.39 is 0 Å². The summed E-state index contributed by atoms with van der Waals surface area (Å²) in [6.07, 6.45) is 2.00. The Morgan fingerprint density at radius 2 is 2.37 bits per heavy atom. The molecule has 0 aromatic carbocycles. The zero-order valence-corrected chi connectivity index (χ0v) is 12.1. The van der Waals surface area contributed by atoms with Gasteiger partial charge in [0.05, 0.1) is 5.69 Å². The number of halogens is 1. The average molecular weight is 286 g/mol. The van der Waals surface area contributed by atoms with Crippen molar-refractivity contribution in [1.29, 1.82) is 0 Å². The molecule has 1 atom stereocenters.